The smallest absolute Gasteiger partial charge is 0.260 e. The van der Waals surface area contributed by atoms with Crippen LogP contribution in [0.3, 0.4) is 0 Å². The van der Waals surface area contributed by atoms with Gasteiger partial charge in [-0.25, -0.2) is 4.98 Å². The number of carbonyl (C=O) groups excluding carboxylic acids is 1. The number of thioether (sulfide) groups is 1. The third-order valence-corrected chi connectivity index (χ3v) is 6.04. The molecule has 1 unspecified atom stereocenters. The summed E-state index contributed by atoms with van der Waals surface area (Å²) in [6, 6.07) is 10.1. The molecule has 0 saturated carbocycles. The van der Waals surface area contributed by atoms with Gasteiger partial charge >= 0.3 is 0 Å². The van der Waals surface area contributed by atoms with Crippen LogP contribution in [0.5, 0.6) is 0 Å². The van der Waals surface area contributed by atoms with E-state index in [1.54, 1.807) is 6.07 Å². The SMILES string of the molecule is O=C(CSc1nc2sccc2c(=O)[nH]1)NC1CCCc2ccccc21. The summed E-state index contributed by atoms with van der Waals surface area (Å²) in [5, 5.41) is 6.04. The Morgan fingerprint density at radius 3 is 3.16 bits per heavy atom. The molecular formula is C18H17N3O2S2. The summed E-state index contributed by atoms with van der Waals surface area (Å²) in [6.45, 7) is 0. The average Bonchev–Trinajstić information content (AvgIpc) is 3.10. The Morgan fingerprint density at radius 2 is 2.24 bits per heavy atom. The van der Waals surface area contributed by atoms with Crippen LogP contribution >= 0.6 is 23.1 Å². The van der Waals surface area contributed by atoms with Gasteiger partial charge in [0.15, 0.2) is 5.16 Å². The van der Waals surface area contributed by atoms with E-state index in [1.807, 2.05) is 17.5 Å². The van der Waals surface area contributed by atoms with Crippen molar-refractivity contribution in [2.24, 2.45) is 0 Å². The van der Waals surface area contributed by atoms with E-state index >= 15 is 0 Å². The predicted molar refractivity (Wildman–Crippen MR) is 101 cm³/mol. The molecule has 0 bridgehead atoms. The number of nitrogens with one attached hydrogen (secondary N) is 2. The Bertz CT molecular complexity index is 980. The zero-order valence-electron chi connectivity index (χ0n) is 13.5. The average molecular weight is 371 g/mol. The number of hydrogen-bond acceptors (Lipinski definition) is 5. The summed E-state index contributed by atoms with van der Waals surface area (Å²) in [7, 11) is 0. The van der Waals surface area contributed by atoms with Gasteiger partial charge in [-0.1, -0.05) is 36.0 Å². The molecular weight excluding hydrogens is 354 g/mol. The van der Waals surface area contributed by atoms with Gasteiger partial charge < -0.3 is 10.3 Å². The number of aryl methyl sites for hydroxylation is 1. The van der Waals surface area contributed by atoms with Crippen LogP contribution in [-0.4, -0.2) is 21.6 Å². The van der Waals surface area contributed by atoms with Crippen molar-refractivity contribution in [3.63, 3.8) is 0 Å². The van der Waals surface area contributed by atoms with Gasteiger partial charge in [0.25, 0.3) is 5.56 Å². The number of nitrogens with zero attached hydrogens (tertiary/aromatic N) is 1. The van der Waals surface area contributed by atoms with E-state index in [0.29, 0.717) is 15.4 Å². The number of benzene rings is 1. The van der Waals surface area contributed by atoms with E-state index in [2.05, 4.69) is 27.4 Å². The highest BCUT2D eigenvalue weighted by molar-refractivity contribution is 7.99. The van der Waals surface area contributed by atoms with Gasteiger partial charge in [0.1, 0.15) is 4.83 Å². The molecule has 0 spiro atoms. The number of amides is 1. The molecule has 0 fully saturated rings. The molecule has 4 rings (SSSR count). The van der Waals surface area contributed by atoms with Gasteiger partial charge in [0, 0.05) is 0 Å². The number of aromatic nitrogens is 2. The van der Waals surface area contributed by atoms with Gasteiger partial charge in [-0.15, -0.1) is 11.3 Å². The number of carbonyl (C=O) groups is 1. The monoisotopic (exact) mass is 371 g/mol. The fraction of sp³-hybridized carbons (Fsp3) is 0.278. The van der Waals surface area contributed by atoms with Crippen molar-refractivity contribution in [2.45, 2.75) is 30.5 Å². The first kappa shape index (κ1) is 16.4. The number of aromatic amines is 1. The molecule has 7 heteroatoms. The predicted octanol–water partition coefficient (Wildman–Crippen LogP) is 3.27. The molecule has 3 aromatic rings. The summed E-state index contributed by atoms with van der Waals surface area (Å²) in [4.78, 5) is 32.1. The van der Waals surface area contributed by atoms with Crippen molar-refractivity contribution in [2.75, 3.05) is 5.75 Å². The van der Waals surface area contributed by atoms with Gasteiger partial charge in [-0.3, -0.25) is 9.59 Å². The minimum absolute atomic E-state index is 0.0411. The van der Waals surface area contributed by atoms with Gasteiger partial charge in [0.2, 0.25) is 5.91 Å². The normalized spacial score (nSPS) is 16.6. The maximum absolute atomic E-state index is 12.3. The molecule has 0 aliphatic heterocycles. The fourth-order valence-electron chi connectivity index (χ4n) is 3.19. The largest absolute Gasteiger partial charge is 0.349 e. The van der Waals surface area contributed by atoms with E-state index in [-0.39, 0.29) is 23.3 Å². The minimum Gasteiger partial charge on any atom is -0.349 e. The molecule has 0 saturated heterocycles. The molecule has 0 radical (unpaired) electrons. The lowest BCUT2D eigenvalue weighted by molar-refractivity contribution is -0.119. The molecule has 2 heterocycles. The second-order valence-electron chi connectivity index (χ2n) is 6.01. The highest BCUT2D eigenvalue weighted by Gasteiger charge is 2.21. The van der Waals surface area contributed by atoms with Gasteiger partial charge in [-0.05, 0) is 41.8 Å². The van der Waals surface area contributed by atoms with E-state index < -0.39 is 0 Å². The number of rotatable bonds is 4. The quantitative estimate of drug-likeness (QED) is 0.545. The summed E-state index contributed by atoms with van der Waals surface area (Å²) in [6.07, 6.45) is 3.12. The lowest BCUT2D eigenvalue weighted by Crippen LogP contribution is -2.32. The third kappa shape index (κ3) is 3.48. The van der Waals surface area contributed by atoms with Crippen molar-refractivity contribution in [3.05, 3.63) is 57.2 Å². The van der Waals surface area contributed by atoms with E-state index in [4.69, 9.17) is 0 Å². The van der Waals surface area contributed by atoms with Crippen LogP contribution in [0.1, 0.15) is 30.0 Å². The zero-order valence-corrected chi connectivity index (χ0v) is 15.1. The van der Waals surface area contributed by atoms with Crippen molar-refractivity contribution in [1.29, 1.82) is 0 Å². The van der Waals surface area contributed by atoms with Crippen LogP contribution < -0.4 is 10.9 Å². The molecule has 5 nitrogen and oxygen atoms in total. The Labute approximate surface area is 152 Å². The maximum atomic E-state index is 12.3. The Balaban J connectivity index is 1.42. The van der Waals surface area contributed by atoms with Crippen LogP contribution in [0, 0.1) is 0 Å². The molecule has 1 aliphatic carbocycles. The molecule has 1 atom stereocenters. The molecule has 1 aromatic carbocycles. The molecule has 2 aromatic heterocycles. The summed E-state index contributed by atoms with van der Waals surface area (Å²) >= 11 is 2.68. The second kappa shape index (κ2) is 7.01. The van der Waals surface area contributed by atoms with Crippen LogP contribution in [0.4, 0.5) is 0 Å². The highest BCUT2D eigenvalue weighted by Crippen LogP contribution is 2.29. The Hall–Kier alpha value is -2.12. The lowest BCUT2D eigenvalue weighted by Gasteiger charge is -2.26. The summed E-state index contributed by atoms with van der Waals surface area (Å²) in [5.74, 6) is 0.194. The highest BCUT2D eigenvalue weighted by atomic mass is 32.2. The molecule has 25 heavy (non-hydrogen) atoms. The summed E-state index contributed by atoms with van der Waals surface area (Å²) < 4.78 is 0. The zero-order chi connectivity index (χ0) is 17.2. The first-order chi connectivity index (χ1) is 12.2. The number of thiophene rings is 1. The first-order valence-corrected chi connectivity index (χ1v) is 10.0. The third-order valence-electron chi connectivity index (χ3n) is 4.36. The van der Waals surface area contributed by atoms with Crippen molar-refractivity contribution < 1.29 is 4.79 Å². The van der Waals surface area contributed by atoms with Gasteiger partial charge in [0.05, 0.1) is 17.2 Å². The second-order valence-corrected chi connectivity index (χ2v) is 7.87. The van der Waals surface area contributed by atoms with Crippen molar-refractivity contribution in [1.82, 2.24) is 15.3 Å². The number of hydrogen-bond donors (Lipinski definition) is 2. The number of H-pyrrole nitrogens is 1. The Kier molecular flexibility index (Phi) is 4.59. The van der Waals surface area contributed by atoms with Crippen LogP contribution in [0.25, 0.3) is 10.2 Å². The molecule has 1 aliphatic rings. The molecule has 2 N–H and O–H groups in total. The van der Waals surface area contributed by atoms with Crippen LogP contribution in [0.15, 0.2) is 45.7 Å². The summed E-state index contributed by atoms with van der Waals surface area (Å²) in [5.41, 5.74) is 2.38. The van der Waals surface area contributed by atoms with Crippen LogP contribution in [-0.2, 0) is 11.2 Å². The van der Waals surface area contributed by atoms with E-state index in [9.17, 15) is 9.59 Å². The topological polar surface area (TPSA) is 74.8 Å². The Morgan fingerprint density at radius 1 is 1.36 bits per heavy atom. The van der Waals surface area contributed by atoms with E-state index in [1.165, 1.54) is 34.2 Å². The molecule has 1 amide bonds. The van der Waals surface area contributed by atoms with Gasteiger partial charge in [-0.2, -0.15) is 0 Å². The van der Waals surface area contributed by atoms with Crippen molar-refractivity contribution in [3.8, 4) is 0 Å². The lowest BCUT2D eigenvalue weighted by atomic mass is 9.88. The minimum atomic E-state index is -0.157. The standard InChI is InChI=1S/C18H17N3O2S2/c22-15(19-14-7-3-5-11-4-1-2-6-12(11)14)10-25-18-20-16(23)13-8-9-24-17(13)21-18/h1-2,4,6,8-9,14H,3,5,7,10H2,(H,19,22)(H,20,21,23). The van der Waals surface area contributed by atoms with Crippen LogP contribution in [0.2, 0.25) is 0 Å². The maximum Gasteiger partial charge on any atom is 0.260 e. The first-order valence-electron chi connectivity index (χ1n) is 8.18. The number of fused-ring (bicyclic) bond motifs is 2. The fourth-order valence-corrected chi connectivity index (χ4v) is 4.68. The molecule has 128 valence electrons. The van der Waals surface area contributed by atoms with E-state index in [0.717, 1.165) is 19.3 Å². The van der Waals surface area contributed by atoms with Crippen molar-refractivity contribution >= 4 is 39.2 Å².